The maximum absolute atomic E-state index is 12.2. The van der Waals surface area contributed by atoms with Crippen LogP contribution in [0.25, 0.3) is 11.0 Å². The van der Waals surface area contributed by atoms with Gasteiger partial charge in [-0.05, 0) is 25.5 Å². The SMILES string of the molecule is CC1(C(=O)O)CCN1C(=O)Cc1noc2ccccc12. The van der Waals surface area contributed by atoms with Crippen LogP contribution in [0.1, 0.15) is 19.0 Å². The largest absolute Gasteiger partial charge is 0.480 e. The molecule has 2 heterocycles. The van der Waals surface area contributed by atoms with Gasteiger partial charge in [0.1, 0.15) is 11.2 Å². The summed E-state index contributed by atoms with van der Waals surface area (Å²) in [5, 5.41) is 13.9. The summed E-state index contributed by atoms with van der Waals surface area (Å²) in [6, 6.07) is 7.29. The first-order valence-electron chi connectivity index (χ1n) is 6.39. The average Bonchev–Trinajstić information content (AvgIpc) is 2.80. The number of aromatic nitrogens is 1. The van der Waals surface area contributed by atoms with Crippen molar-refractivity contribution in [1.82, 2.24) is 10.1 Å². The van der Waals surface area contributed by atoms with Gasteiger partial charge in [0.15, 0.2) is 5.58 Å². The number of aliphatic carboxylic acids is 1. The molecule has 1 atom stereocenters. The zero-order valence-corrected chi connectivity index (χ0v) is 11.0. The van der Waals surface area contributed by atoms with E-state index >= 15 is 0 Å². The van der Waals surface area contributed by atoms with Crippen molar-refractivity contribution in [3.05, 3.63) is 30.0 Å². The Hall–Kier alpha value is -2.37. The van der Waals surface area contributed by atoms with E-state index in [1.165, 1.54) is 4.90 Å². The number of hydrogen-bond donors (Lipinski definition) is 1. The summed E-state index contributed by atoms with van der Waals surface area (Å²) in [7, 11) is 0. The molecule has 0 radical (unpaired) electrons. The van der Waals surface area contributed by atoms with E-state index < -0.39 is 11.5 Å². The minimum absolute atomic E-state index is 0.0554. The van der Waals surface area contributed by atoms with Gasteiger partial charge in [0, 0.05) is 11.9 Å². The van der Waals surface area contributed by atoms with Gasteiger partial charge in [-0.15, -0.1) is 0 Å². The Labute approximate surface area is 115 Å². The van der Waals surface area contributed by atoms with Crippen molar-refractivity contribution >= 4 is 22.8 Å². The number of likely N-dealkylation sites (tertiary alicyclic amines) is 1. The van der Waals surface area contributed by atoms with Gasteiger partial charge >= 0.3 is 5.97 Å². The van der Waals surface area contributed by atoms with Crippen LogP contribution in [0.15, 0.2) is 28.8 Å². The third-order valence-corrected chi connectivity index (χ3v) is 3.95. The van der Waals surface area contributed by atoms with Crippen LogP contribution >= 0.6 is 0 Å². The standard InChI is InChI=1S/C14H14N2O4/c1-14(13(18)19)6-7-16(14)12(17)8-10-9-4-2-3-5-11(9)20-15-10/h2-5H,6-8H2,1H3,(H,18,19). The third-order valence-electron chi connectivity index (χ3n) is 3.95. The number of nitrogens with zero attached hydrogens (tertiary/aromatic N) is 2. The quantitative estimate of drug-likeness (QED) is 0.915. The summed E-state index contributed by atoms with van der Waals surface area (Å²) in [5.74, 6) is -1.21. The fourth-order valence-electron chi connectivity index (χ4n) is 2.49. The van der Waals surface area contributed by atoms with Crippen LogP contribution < -0.4 is 0 Å². The molecule has 1 amide bonds. The number of para-hydroxylation sites is 1. The second-order valence-electron chi connectivity index (χ2n) is 5.18. The van der Waals surface area contributed by atoms with Crippen LogP contribution in [-0.2, 0) is 16.0 Å². The topological polar surface area (TPSA) is 83.6 Å². The van der Waals surface area contributed by atoms with Gasteiger partial charge < -0.3 is 14.5 Å². The second kappa shape index (κ2) is 4.33. The predicted octanol–water partition coefficient (Wildman–Crippen LogP) is 1.45. The van der Waals surface area contributed by atoms with Gasteiger partial charge in [-0.1, -0.05) is 17.3 Å². The zero-order valence-electron chi connectivity index (χ0n) is 11.0. The van der Waals surface area contributed by atoms with Crippen molar-refractivity contribution in [2.24, 2.45) is 0 Å². The highest BCUT2D eigenvalue weighted by Gasteiger charge is 2.49. The summed E-state index contributed by atoms with van der Waals surface area (Å²) in [6.45, 7) is 2.04. The number of fused-ring (bicyclic) bond motifs is 1. The number of carboxylic acid groups (broad SMARTS) is 1. The summed E-state index contributed by atoms with van der Waals surface area (Å²) in [5.41, 5.74) is 0.0847. The van der Waals surface area contributed by atoms with Gasteiger partial charge in [0.25, 0.3) is 0 Å². The fraction of sp³-hybridized carbons (Fsp3) is 0.357. The molecular formula is C14H14N2O4. The van der Waals surface area contributed by atoms with Gasteiger partial charge in [0.05, 0.1) is 6.42 Å². The molecule has 20 heavy (non-hydrogen) atoms. The lowest BCUT2D eigenvalue weighted by Crippen LogP contribution is -2.65. The van der Waals surface area contributed by atoms with Crippen LogP contribution in [-0.4, -0.2) is 39.1 Å². The Morgan fingerprint density at radius 3 is 2.85 bits per heavy atom. The molecular weight excluding hydrogens is 260 g/mol. The van der Waals surface area contributed by atoms with Gasteiger partial charge in [0.2, 0.25) is 5.91 Å². The molecule has 1 aliphatic heterocycles. The molecule has 1 aromatic heterocycles. The van der Waals surface area contributed by atoms with E-state index in [0.717, 1.165) is 5.39 Å². The number of hydrogen-bond acceptors (Lipinski definition) is 4. The summed E-state index contributed by atoms with van der Waals surface area (Å²) >= 11 is 0. The van der Waals surface area contributed by atoms with E-state index in [0.29, 0.717) is 24.2 Å². The second-order valence-corrected chi connectivity index (χ2v) is 5.18. The lowest BCUT2D eigenvalue weighted by Gasteiger charge is -2.47. The predicted molar refractivity (Wildman–Crippen MR) is 70.1 cm³/mol. The molecule has 6 heteroatoms. The molecule has 1 fully saturated rings. The first kappa shape index (κ1) is 12.7. The summed E-state index contributed by atoms with van der Waals surface area (Å²) in [4.78, 5) is 24.8. The van der Waals surface area contributed by atoms with E-state index in [1.54, 1.807) is 13.0 Å². The van der Waals surface area contributed by atoms with Crippen LogP contribution in [0.2, 0.25) is 0 Å². The number of carbonyl (C=O) groups excluding carboxylic acids is 1. The maximum atomic E-state index is 12.2. The molecule has 104 valence electrons. The highest BCUT2D eigenvalue weighted by atomic mass is 16.5. The van der Waals surface area contributed by atoms with E-state index in [2.05, 4.69) is 5.16 Å². The minimum Gasteiger partial charge on any atom is -0.480 e. The third kappa shape index (κ3) is 1.76. The first-order chi connectivity index (χ1) is 9.52. The van der Waals surface area contributed by atoms with Gasteiger partial charge in [-0.25, -0.2) is 4.79 Å². The molecule has 0 saturated carbocycles. The average molecular weight is 274 g/mol. The Morgan fingerprint density at radius 1 is 1.45 bits per heavy atom. The molecule has 0 bridgehead atoms. The Bertz CT molecular complexity index is 693. The fourth-order valence-corrected chi connectivity index (χ4v) is 2.49. The number of carboxylic acids is 1. The molecule has 1 saturated heterocycles. The van der Waals surface area contributed by atoms with Crippen molar-refractivity contribution in [2.75, 3.05) is 6.54 Å². The number of rotatable bonds is 3. The van der Waals surface area contributed by atoms with Gasteiger partial charge in [-0.3, -0.25) is 4.79 Å². The van der Waals surface area contributed by atoms with Crippen LogP contribution in [0, 0.1) is 0 Å². The van der Waals surface area contributed by atoms with Crippen LogP contribution in [0.5, 0.6) is 0 Å². The molecule has 1 unspecified atom stereocenters. The molecule has 1 N–H and O–H groups in total. The van der Waals surface area contributed by atoms with Crippen molar-refractivity contribution in [3.63, 3.8) is 0 Å². The number of carbonyl (C=O) groups is 2. The van der Waals surface area contributed by atoms with E-state index in [1.807, 2.05) is 18.2 Å². The Morgan fingerprint density at radius 2 is 2.20 bits per heavy atom. The Kier molecular flexibility index (Phi) is 2.74. The first-order valence-corrected chi connectivity index (χ1v) is 6.39. The van der Waals surface area contributed by atoms with Crippen molar-refractivity contribution in [2.45, 2.75) is 25.3 Å². The summed E-state index contributed by atoms with van der Waals surface area (Å²) in [6.07, 6.45) is 0.535. The smallest absolute Gasteiger partial charge is 0.329 e. The van der Waals surface area contributed by atoms with Gasteiger partial charge in [-0.2, -0.15) is 0 Å². The highest BCUT2D eigenvalue weighted by Crippen LogP contribution is 2.31. The Balaban J connectivity index is 1.82. The molecule has 1 aromatic carbocycles. The molecule has 0 spiro atoms. The van der Waals surface area contributed by atoms with Crippen molar-refractivity contribution < 1.29 is 19.2 Å². The highest BCUT2D eigenvalue weighted by molar-refractivity contribution is 5.91. The zero-order chi connectivity index (χ0) is 14.3. The minimum atomic E-state index is -1.09. The molecule has 6 nitrogen and oxygen atoms in total. The van der Waals surface area contributed by atoms with Crippen LogP contribution in [0.3, 0.4) is 0 Å². The maximum Gasteiger partial charge on any atom is 0.329 e. The summed E-state index contributed by atoms with van der Waals surface area (Å²) < 4.78 is 5.14. The normalized spacial score (nSPS) is 21.8. The van der Waals surface area contributed by atoms with E-state index in [-0.39, 0.29) is 12.3 Å². The number of amides is 1. The number of benzene rings is 1. The molecule has 2 aromatic rings. The van der Waals surface area contributed by atoms with Crippen molar-refractivity contribution in [3.8, 4) is 0 Å². The van der Waals surface area contributed by atoms with Crippen LogP contribution in [0.4, 0.5) is 0 Å². The molecule has 0 aliphatic carbocycles. The monoisotopic (exact) mass is 274 g/mol. The molecule has 3 rings (SSSR count). The van der Waals surface area contributed by atoms with Crippen molar-refractivity contribution in [1.29, 1.82) is 0 Å². The van der Waals surface area contributed by atoms with E-state index in [9.17, 15) is 14.7 Å². The lowest BCUT2D eigenvalue weighted by atomic mass is 9.86. The van der Waals surface area contributed by atoms with E-state index in [4.69, 9.17) is 4.52 Å². The lowest BCUT2D eigenvalue weighted by molar-refractivity contribution is -0.168. The molecule has 1 aliphatic rings.